The van der Waals surface area contributed by atoms with E-state index in [0.29, 0.717) is 5.69 Å². The minimum absolute atomic E-state index is 0.0410. The van der Waals surface area contributed by atoms with Gasteiger partial charge in [-0.25, -0.2) is 9.07 Å². The standard InChI is InChI=1S/C20H20F4N8O2/c1-25-19(34)16-11-32(31-29-16)10-13(21)2-3-14-4-5-17(30-28-14)27-18(33)9-15-8-12(6-7-26-15)20(22,23)24/h4-8,11,13H,2-3,9-10H2,1H3,(H,25,34)(H,27,30,33)/t13-/m0/s1. The zero-order valence-corrected chi connectivity index (χ0v) is 17.9. The summed E-state index contributed by atoms with van der Waals surface area (Å²) in [6, 6.07) is 4.64. The van der Waals surface area contributed by atoms with E-state index >= 15 is 0 Å². The van der Waals surface area contributed by atoms with E-state index in [-0.39, 0.29) is 43.0 Å². The lowest BCUT2D eigenvalue weighted by atomic mass is 10.1. The lowest BCUT2D eigenvalue weighted by Crippen LogP contribution is -2.18. The highest BCUT2D eigenvalue weighted by molar-refractivity contribution is 5.91. The van der Waals surface area contributed by atoms with Gasteiger partial charge in [-0.3, -0.25) is 14.6 Å². The Bertz CT molecular complexity index is 1130. The first-order chi connectivity index (χ1) is 16.1. The Morgan fingerprint density at radius 2 is 1.91 bits per heavy atom. The van der Waals surface area contributed by atoms with Crippen molar-refractivity contribution in [2.24, 2.45) is 0 Å². The van der Waals surface area contributed by atoms with Crippen molar-refractivity contribution in [2.75, 3.05) is 12.4 Å². The molecule has 0 saturated heterocycles. The average Bonchev–Trinajstić information content (AvgIpc) is 3.26. The summed E-state index contributed by atoms with van der Waals surface area (Å²) >= 11 is 0. The van der Waals surface area contributed by atoms with Crippen LogP contribution >= 0.6 is 0 Å². The number of aryl methyl sites for hydroxylation is 1. The normalized spacial score (nSPS) is 12.3. The van der Waals surface area contributed by atoms with Crippen LogP contribution in [0.3, 0.4) is 0 Å². The molecule has 2 N–H and O–H groups in total. The lowest BCUT2D eigenvalue weighted by molar-refractivity contribution is -0.137. The van der Waals surface area contributed by atoms with E-state index in [2.05, 4.69) is 36.1 Å². The summed E-state index contributed by atoms with van der Waals surface area (Å²) in [5.41, 5.74) is -0.371. The number of anilines is 1. The molecule has 1 atom stereocenters. The monoisotopic (exact) mass is 480 g/mol. The van der Waals surface area contributed by atoms with Gasteiger partial charge in [0.15, 0.2) is 11.5 Å². The zero-order valence-electron chi connectivity index (χ0n) is 17.9. The molecule has 0 fully saturated rings. The van der Waals surface area contributed by atoms with Gasteiger partial charge >= 0.3 is 6.18 Å². The number of aromatic nitrogens is 6. The average molecular weight is 480 g/mol. The summed E-state index contributed by atoms with van der Waals surface area (Å²) < 4.78 is 53.8. The van der Waals surface area contributed by atoms with Crippen LogP contribution in [-0.2, 0) is 30.4 Å². The molecule has 0 aliphatic rings. The van der Waals surface area contributed by atoms with Crippen LogP contribution in [0.15, 0.2) is 36.7 Å². The third kappa shape index (κ3) is 7.02. The summed E-state index contributed by atoms with van der Waals surface area (Å²) in [7, 11) is 1.45. The van der Waals surface area contributed by atoms with E-state index in [4.69, 9.17) is 0 Å². The van der Waals surface area contributed by atoms with Gasteiger partial charge in [0, 0.05) is 13.2 Å². The van der Waals surface area contributed by atoms with Gasteiger partial charge in [0.2, 0.25) is 5.91 Å². The van der Waals surface area contributed by atoms with Crippen LogP contribution in [0.2, 0.25) is 0 Å². The number of nitrogens with one attached hydrogen (secondary N) is 2. The van der Waals surface area contributed by atoms with E-state index in [1.807, 2.05) is 0 Å². The van der Waals surface area contributed by atoms with Crippen molar-refractivity contribution in [2.45, 2.75) is 38.2 Å². The van der Waals surface area contributed by atoms with Crippen molar-refractivity contribution in [1.82, 2.24) is 35.5 Å². The van der Waals surface area contributed by atoms with Crippen molar-refractivity contribution >= 4 is 17.6 Å². The fourth-order valence-corrected chi connectivity index (χ4v) is 2.88. The van der Waals surface area contributed by atoms with Crippen LogP contribution < -0.4 is 10.6 Å². The molecule has 3 aromatic rings. The van der Waals surface area contributed by atoms with Crippen LogP contribution in [-0.4, -0.2) is 55.2 Å². The summed E-state index contributed by atoms with van der Waals surface area (Å²) in [5.74, 6) is -0.932. The van der Waals surface area contributed by atoms with E-state index in [0.717, 1.165) is 18.3 Å². The Morgan fingerprint density at radius 1 is 1.12 bits per heavy atom. The Morgan fingerprint density at radius 3 is 2.59 bits per heavy atom. The molecular formula is C20H20F4N8O2. The quantitative estimate of drug-likeness (QED) is 0.449. The van der Waals surface area contributed by atoms with E-state index < -0.39 is 29.7 Å². The van der Waals surface area contributed by atoms with Gasteiger partial charge in [-0.1, -0.05) is 5.21 Å². The number of hydrogen-bond donors (Lipinski definition) is 2. The minimum Gasteiger partial charge on any atom is -0.354 e. The lowest BCUT2D eigenvalue weighted by Gasteiger charge is -2.09. The number of pyridine rings is 1. The fourth-order valence-electron chi connectivity index (χ4n) is 2.88. The van der Waals surface area contributed by atoms with Gasteiger partial charge < -0.3 is 10.6 Å². The summed E-state index contributed by atoms with van der Waals surface area (Å²) in [4.78, 5) is 27.3. The number of nitrogens with zero attached hydrogens (tertiary/aromatic N) is 6. The predicted octanol–water partition coefficient (Wildman–Crippen LogP) is 1.99. The van der Waals surface area contributed by atoms with Crippen LogP contribution in [0.25, 0.3) is 0 Å². The molecule has 0 aliphatic carbocycles. The van der Waals surface area contributed by atoms with Crippen LogP contribution in [0.1, 0.15) is 33.9 Å². The topological polar surface area (TPSA) is 128 Å². The first-order valence-corrected chi connectivity index (χ1v) is 10.0. The highest BCUT2D eigenvalue weighted by atomic mass is 19.4. The highest BCUT2D eigenvalue weighted by Crippen LogP contribution is 2.29. The molecule has 0 bridgehead atoms. The third-order valence-corrected chi connectivity index (χ3v) is 4.57. The Hall–Kier alpha value is -3.97. The molecule has 0 saturated carbocycles. The Balaban J connectivity index is 1.47. The van der Waals surface area contributed by atoms with Crippen molar-refractivity contribution in [1.29, 1.82) is 0 Å². The number of amides is 2. The van der Waals surface area contributed by atoms with Gasteiger partial charge in [-0.15, -0.1) is 10.2 Å². The SMILES string of the molecule is CNC(=O)c1cn(C[C@@H](F)CCc2ccc(NC(=O)Cc3cc(C(F)(F)F)ccn3)nn2)nn1. The summed E-state index contributed by atoms with van der Waals surface area (Å²) in [5, 5.41) is 19.9. The minimum atomic E-state index is -4.53. The molecule has 0 radical (unpaired) electrons. The first kappa shape index (κ1) is 24.7. The molecule has 3 heterocycles. The maximum atomic E-state index is 14.3. The fraction of sp³-hybridized carbons (Fsp3) is 0.350. The second-order valence-electron chi connectivity index (χ2n) is 7.21. The molecule has 0 aliphatic heterocycles. The summed E-state index contributed by atoms with van der Waals surface area (Å²) in [6.45, 7) is -0.0882. The molecule has 0 aromatic carbocycles. The highest BCUT2D eigenvalue weighted by Gasteiger charge is 2.30. The molecule has 180 valence electrons. The van der Waals surface area contributed by atoms with Gasteiger partial charge in [0.25, 0.3) is 5.91 Å². The van der Waals surface area contributed by atoms with E-state index in [9.17, 15) is 27.2 Å². The molecule has 3 aromatic heterocycles. The maximum Gasteiger partial charge on any atom is 0.416 e. The smallest absolute Gasteiger partial charge is 0.354 e. The first-order valence-electron chi connectivity index (χ1n) is 10.0. The number of hydrogen-bond acceptors (Lipinski definition) is 7. The van der Waals surface area contributed by atoms with Crippen LogP contribution in [0.4, 0.5) is 23.4 Å². The van der Waals surface area contributed by atoms with Crippen molar-refractivity contribution in [3.05, 3.63) is 59.3 Å². The predicted molar refractivity (Wildman–Crippen MR) is 110 cm³/mol. The molecule has 14 heteroatoms. The van der Waals surface area contributed by atoms with Crippen molar-refractivity contribution in [3.8, 4) is 0 Å². The Kier molecular flexibility index (Phi) is 7.81. The van der Waals surface area contributed by atoms with Gasteiger partial charge in [0.1, 0.15) is 6.17 Å². The van der Waals surface area contributed by atoms with Gasteiger partial charge in [-0.05, 0) is 37.1 Å². The largest absolute Gasteiger partial charge is 0.416 e. The molecule has 2 amide bonds. The second-order valence-corrected chi connectivity index (χ2v) is 7.21. The molecule has 10 nitrogen and oxygen atoms in total. The molecule has 34 heavy (non-hydrogen) atoms. The molecule has 0 spiro atoms. The molecular weight excluding hydrogens is 460 g/mol. The van der Waals surface area contributed by atoms with E-state index in [1.54, 1.807) is 6.07 Å². The molecule has 3 rings (SSSR count). The summed E-state index contributed by atoms with van der Waals surface area (Å²) in [6.07, 6.45) is -3.48. The number of carbonyl (C=O) groups excluding carboxylic acids is 2. The van der Waals surface area contributed by atoms with Crippen LogP contribution in [0, 0.1) is 0 Å². The third-order valence-electron chi connectivity index (χ3n) is 4.57. The van der Waals surface area contributed by atoms with Gasteiger partial charge in [-0.2, -0.15) is 18.3 Å². The van der Waals surface area contributed by atoms with Crippen LogP contribution in [0.5, 0.6) is 0 Å². The number of rotatable bonds is 9. The second kappa shape index (κ2) is 10.8. The van der Waals surface area contributed by atoms with Gasteiger partial charge in [0.05, 0.1) is 36.1 Å². The number of carbonyl (C=O) groups is 2. The zero-order chi connectivity index (χ0) is 24.7. The number of halogens is 4. The van der Waals surface area contributed by atoms with Crippen molar-refractivity contribution in [3.63, 3.8) is 0 Å². The molecule has 0 unspecified atom stereocenters. The maximum absolute atomic E-state index is 14.3. The van der Waals surface area contributed by atoms with E-state index in [1.165, 1.54) is 24.0 Å². The van der Waals surface area contributed by atoms with Crippen molar-refractivity contribution < 1.29 is 27.2 Å². The number of alkyl halides is 4. The Labute approximate surface area is 190 Å².